The number of benzene rings is 1. The number of amides is 1. The fourth-order valence-corrected chi connectivity index (χ4v) is 4.44. The Morgan fingerprint density at radius 2 is 1.94 bits per heavy atom. The maximum absolute atomic E-state index is 13.0. The quantitative estimate of drug-likeness (QED) is 0.231. The molecule has 3 rings (SSSR count). The van der Waals surface area contributed by atoms with Crippen LogP contribution in [0.4, 0.5) is 0 Å². The molecular formula is C24H30ClN5O5S. The molecule has 0 atom stereocenters. The lowest BCUT2D eigenvalue weighted by Gasteiger charge is -2.17. The molecule has 1 aromatic heterocycles. The molecule has 0 spiro atoms. The molecule has 12 heteroatoms. The third kappa shape index (κ3) is 6.96. The highest BCUT2D eigenvalue weighted by molar-refractivity contribution is 7.99. The Kier molecular flexibility index (Phi) is 9.30. The normalized spacial score (nSPS) is 15.2. The number of nitrogens with zero attached hydrogens (tertiary/aromatic N) is 1. The standard InChI is InChI=1S/C24H30ClN5O5S/c1-3-34-19(31)13-29-36-24(8-9-24)14-35-21(27)20-16(11-26)10-18(23(33)30(20)2)22(32)28-12-15-4-6-17(25)7-5-15/h4-7,10-11,29H,3,8-9,12-14,26-27H2,1-2H3,(H,28,32)/b16-11-,21-20-. The van der Waals surface area contributed by atoms with Crippen LogP contribution in [0.3, 0.4) is 0 Å². The molecule has 1 fully saturated rings. The summed E-state index contributed by atoms with van der Waals surface area (Å²) >= 11 is 7.29. The van der Waals surface area contributed by atoms with Gasteiger partial charge in [0.25, 0.3) is 11.5 Å². The lowest BCUT2D eigenvalue weighted by atomic mass is 10.2. The van der Waals surface area contributed by atoms with Gasteiger partial charge in [0.05, 0.1) is 11.4 Å². The molecule has 194 valence electrons. The monoisotopic (exact) mass is 535 g/mol. The first kappa shape index (κ1) is 27.4. The molecule has 2 aromatic rings. The van der Waals surface area contributed by atoms with Gasteiger partial charge in [0.15, 0.2) is 0 Å². The smallest absolute Gasteiger partial charge is 0.320 e. The summed E-state index contributed by atoms with van der Waals surface area (Å²) < 4.78 is 14.7. The lowest BCUT2D eigenvalue weighted by Crippen LogP contribution is -2.48. The Hall–Kier alpha value is -3.15. The topological polar surface area (TPSA) is 151 Å². The summed E-state index contributed by atoms with van der Waals surface area (Å²) in [5, 5.41) is 3.97. The van der Waals surface area contributed by atoms with E-state index in [9.17, 15) is 14.4 Å². The lowest BCUT2D eigenvalue weighted by molar-refractivity contribution is -0.141. The Morgan fingerprint density at radius 1 is 1.25 bits per heavy atom. The highest BCUT2D eigenvalue weighted by atomic mass is 35.5. The van der Waals surface area contributed by atoms with Gasteiger partial charge in [0.2, 0.25) is 5.88 Å². The molecule has 1 aliphatic carbocycles. The van der Waals surface area contributed by atoms with Crippen molar-refractivity contribution in [3.8, 4) is 0 Å². The van der Waals surface area contributed by atoms with Gasteiger partial charge in [-0.2, -0.15) is 0 Å². The number of ether oxygens (including phenoxy) is 2. The largest absolute Gasteiger partial charge is 0.476 e. The average Bonchev–Trinajstić information content (AvgIpc) is 3.63. The Bertz CT molecular complexity index is 1290. The average molecular weight is 536 g/mol. The van der Waals surface area contributed by atoms with Crippen LogP contribution < -0.4 is 37.6 Å². The highest BCUT2D eigenvalue weighted by Crippen LogP contribution is 2.47. The van der Waals surface area contributed by atoms with Crippen molar-refractivity contribution in [3.05, 3.63) is 67.4 Å². The Labute approximate surface area is 217 Å². The van der Waals surface area contributed by atoms with E-state index in [1.807, 2.05) is 0 Å². The maximum atomic E-state index is 13.0. The molecule has 0 bridgehead atoms. The van der Waals surface area contributed by atoms with Gasteiger partial charge >= 0.3 is 5.97 Å². The Morgan fingerprint density at radius 3 is 2.56 bits per heavy atom. The van der Waals surface area contributed by atoms with Crippen LogP contribution in [0.1, 0.15) is 35.7 Å². The molecular weight excluding hydrogens is 506 g/mol. The predicted octanol–water partition coefficient (Wildman–Crippen LogP) is 0.0399. The van der Waals surface area contributed by atoms with Crippen molar-refractivity contribution >= 4 is 47.5 Å². The summed E-state index contributed by atoms with van der Waals surface area (Å²) in [6.45, 7) is 2.65. The van der Waals surface area contributed by atoms with Gasteiger partial charge in [-0.25, -0.2) is 0 Å². The van der Waals surface area contributed by atoms with Crippen molar-refractivity contribution in [2.75, 3.05) is 19.8 Å². The molecule has 1 heterocycles. The van der Waals surface area contributed by atoms with E-state index in [0.29, 0.717) is 16.8 Å². The predicted molar refractivity (Wildman–Crippen MR) is 140 cm³/mol. The molecule has 0 aliphatic heterocycles. The van der Waals surface area contributed by atoms with E-state index in [0.717, 1.165) is 18.4 Å². The number of hydrogen-bond donors (Lipinski definition) is 4. The summed E-state index contributed by atoms with van der Waals surface area (Å²) in [6, 6.07) is 8.41. The van der Waals surface area contributed by atoms with Gasteiger partial charge in [-0.1, -0.05) is 35.7 Å². The number of carbonyl (C=O) groups excluding carboxylic acids is 2. The Balaban J connectivity index is 1.73. The van der Waals surface area contributed by atoms with Crippen molar-refractivity contribution in [3.63, 3.8) is 0 Å². The summed E-state index contributed by atoms with van der Waals surface area (Å²) in [4.78, 5) is 37.2. The van der Waals surface area contributed by atoms with Gasteiger partial charge < -0.3 is 30.8 Å². The summed E-state index contributed by atoms with van der Waals surface area (Å²) in [6.07, 6.45) is 3.02. The van der Waals surface area contributed by atoms with E-state index >= 15 is 0 Å². The zero-order chi connectivity index (χ0) is 26.3. The molecule has 10 nitrogen and oxygen atoms in total. The number of rotatable bonds is 11. The van der Waals surface area contributed by atoms with E-state index in [1.165, 1.54) is 35.8 Å². The first-order valence-electron chi connectivity index (χ1n) is 11.3. The van der Waals surface area contributed by atoms with Gasteiger partial charge in [-0.15, -0.1) is 0 Å². The number of aromatic nitrogens is 1. The fraction of sp³-hybridized carbons (Fsp3) is 0.375. The molecule has 1 aromatic carbocycles. The van der Waals surface area contributed by atoms with Crippen molar-refractivity contribution < 1.29 is 19.1 Å². The van der Waals surface area contributed by atoms with E-state index in [1.54, 1.807) is 31.2 Å². The van der Waals surface area contributed by atoms with Crippen molar-refractivity contribution in [2.45, 2.75) is 31.1 Å². The first-order chi connectivity index (χ1) is 17.2. The molecule has 0 saturated heterocycles. The van der Waals surface area contributed by atoms with Crippen LogP contribution in [0, 0.1) is 0 Å². The third-order valence-corrected chi connectivity index (χ3v) is 7.08. The minimum atomic E-state index is -0.541. The number of halogens is 1. The van der Waals surface area contributed by atoms with Gasteiger partial charge in [0.1, 0.15) is 24.1 Å². The van der Waals surface area contributed by atoms with E-state index in [-0.39, 0.29) is 47.2 Å². The summed E-state index contributed by atoms with van der Waals surface area (Å²) in [5.74, 6) is -0.861. The maximum Gasteiger partial charge on any atom is 0.320 e. The van der Waals surface area contributed by atoms with Gasteiger partial charge in [0, 0.05) is 30.0 Å². The molecule has 0 radical (unpaired) electrons. The van der Waals surface area contributed by atoms with Crippen LogP contribution in [0.15, 0.2) is 35.1 Å². The summed E-state index contributed by atoms with van der Waals surface area (Å²) in [7, 11) is 1.50. The van der Waals surface area contributed by atoms with Gasteiger partial charge in [-0.3, -0.25) is 19.1 Å². The third-order valence-electron chi connectivity index (χ3n) is 5.58. The van der Waals surface area contributed by atoms with Crippen molar-refractivity contribution in [1.29, 1.82) is 0 Å². The first-order valence-corrected chi connectivity index (χ1v) is 12.5. The number of nitrogens with two attached hydrogens (primary N) is 2. The molecule has 6 N–H and O–H groups in total. The molecule has 1 aliphatic rings. The zero-order valence-corrected chi connectivity index (χ0v) is 21.7. The minimum Gasteiger partial charge on any atom is -0.476 e. The van der Waals surface area contributed by atoms with Crippen LogP contribution in [-0.2, 0) is 27.9 Å². The minimum absolute atomic E-state index is 0.0108. The van der Waals surface area contributed by atoms with E-state index < -0.39 is 11.5 Å². The second-order valence-corrected chi connectivity index (χ2v) is 10.1. The summed E-state index contributed by atoms with van der Waals surface area (Å²) in [5.41, 5.74) is 12.2. The molecule has 1 amide bonds. The number of hydrogen-bond acceptors (Lipinski definition) is 9. The van der Waals surface area contributed by atoms with Crippen LogP contribution in [0.5, 0.6) is 0 Å². The number of esters is 1. The van der Waals surface area contributed by atoms with E-state index in [2.05, 4.69) is 10.0 Å². The second kappa shape index (κ2) is 12.2. The number of nitrogens with one attached hydrogen (secondary N) is 2. The number of carbonyl (C=O) groups is 2. The molecule has 36 heavy (non-hydrogen) atoms. The van der Waals surface area contributed by atoms with Crippen molar-refractivity contribution in [2.24, 2.45) is 18.5 Å². The van der Waals surface area contributed by atoms with Gasteiger partial charge in [-0.05, 0) is 43.5 Å². The highest BCUT2D eigenvalue weighted by Gasteiger charge is 2.45. The van der Waals surface area contributed by atoms with Crippen molar-refractivity contribution in [1.82, 2.24) is 14.6 Å². The fourth-order valence-electron chi connectivity index (χ4n) is 3.39. The molecule has 0 unspecified atom stereocenters. The zero-order valence-electron chi connectivity index (χ0n) is 20.1. The van der Waals surface area contributed by atoms with Crippen LogP contribution in [-0.4, -0.2) is 40.9 Å². The SMILES string of the molecule is CCOC(=O)CNSC1(CO/C(N)=c2/c(=C\N)cc(C(=O)NCc3ccc(Cl)cc3)c(=O)n2C)CC1. The molecule has 1 saturated carbocycles. The van der Waals surface area contributed by atoms with Crippen LogP contribution in [0.2, 0.25) is 5.02 Å². The number of pyridine rings is 1. The van der Waals surface area contributed by atoms with Crippen LogP contribution in [0.25, 0.3) is 12.1 Å². The van der Waals surface area contributed by atoms with Crippen LogP contribution >= 0.6 is 23.5 Å². The second-order valence-electron chi connectivity index (χ2n) is 8.27. The van der Waals surface area contributed by atoms with E-state index in [4.69, 9.17) is 32.5 Å².